The summed E-state index contributed by atoms with van der Waals surface area (Å²) in [7, 11) is 0. The first-order valence-corrected chi connectivity index (χ1v) is 10.4. The number of rotatable bonds is 5. The molecule has 2 aromatic rings. The fraction of sp³-hybridized carbons (Fsp3) is 0.545. The first kappa shape index (κ1) is 19.4. The van der Waals surface area contributed by atoms with E-state index in [1.165, 1.54) is 5.56 Å². The second-order valence-corrected chi connectivity index (χ2v) is 9.04. The van der Waals surface area contributed by atoms with E-state index >= 15 is 0 Å². The van der Waals surface area contributed by atoms with Gasteiger partial charge in [-0.3, -0.25) is 0 Å². The van der Waals surface area contributed by atoms with E-state index in [-0.39, 0.29) is 11.6 Å². The third kappa shape index (κ3) is 3.22. The molecule has 1 atom stereocenters. The zero-order valence-corrected chi connectivity index (χ0v) is 17.6. The van der Waals surface area contributed by atoms with Crippen LogP contribution in [0, 0.1) is 0 Å². The molecule has 0 radical (unpaired) electrons. The Balaban J connectivity index is 1.80. The van der Waals surface area contributed by atoms with Crippen molar-refractivity contribution in [1.82, 2.24) is 4.57 Å². The first-order valence-electron chi connectivity index (χ1n) is 10.0. The Kier molecular flexibility index (Phi) is 4.74. The van der Waals surface area contributed by atoms with Crippen LogP contribution in [0.15, 0.2) is 24.3 Å². The van der Waals surface area contributed by atoms with Gasteiger partial charge in [0.2, 0.25) is 0 Å². The van der Waals surface area contributed by atoms with Crippen molar-refractivity contribution in [2.45, 2.75) is 63.5 Å². The Hall–Kier alpha value is -1.92. The molecule has 0 amide bonds. The van der Waals surface area contributed by atoms with Crippen LogP contribution in [0.25, 0.3) is 10.9 Å². The SMILES string of the molecule is CCOC(=O)c1cc2cc(C3CCOC(C)(C)C3)ccc2n1C1(C(N)=S)CC1. The molecule has 1 saturated carbocycles. The molecule has 28 heavy (non-hydrogen) atoms. The number of aromatic nitrogens is 1. The van der Waals surface area contributed by atoms with E-state index in [0.717, 1.165) is 43.2 Å². The van der Waals surface area contributed by atoms with E-state index < -0.39 is 5.54 Å². The molecule has 1 aliphatic carbocycles. The lowest BCUT2D eigenvalue weighted by Crippen LogP contribution is -2.34. The maximum atomic E-state index is 12.7. The normalized spacial score (nSPS) is 22.8. The number of hydrogen-bond donors (Lipinski definition) is 1. The molecule has 5 nitrogen and oxygen atoms in total. The van der Waals surface area contributed by atoms with Crippen molar-refractivity contribution in [2.24, 2.45) is 5.73 Å². The number of nitrogens with zero attached hydrogens (tertiary/aromatic N) is 1. The van der Waals surface area contributed by atoms with Crippen molar-refractivity contribution in [3.8, 4) is 0 Å². The molecule has 150 valence electrons. The Morgan fingerprint density at radius 3 is 2.71 bits per heavy atom. The van der Waals surface area contributed by atoms with Gasteiger partial charge in [0.15, 0.2) is 0 Å². The van der Waals surface area contributed by atoms with Crippen molar-refractivity contribution in [2.75, 3.05) is 13.2 Å². The Labute approximate surface area is 171 Å². The molecule has 1 aromatic heterocycles. The lowest BCUT2D eigenvalue weighted by Gasteiger charge is -2.35. The topological polar surface area (TPSA) is 66.5 Å². The summed E-state index contributed by atoms with van der Waals surface area (Å²) < 4.78 is 13.2. The molecule has 2 heterocycles. The highest BCUT2D eigenvalue weighted by Gasteiger charge is 2.50. The molecule has 2 fully saturated rings. The maximum Gasteiger partial charge on any atom is 0.355 e. The predicted molar refractivity (Wildman–Crippen MR) is 114 cm³/mol. The number of benzene rings is 1. The van der Waals surface area contributed by atoms with E-state index in [4.69, 9.17) is 27.4 Å². The van der Waals surface area contributed by atoms with Crippen LogP contribution >= 0.6 is 12.2 Å². The summed E-state index contributed by atoms with van der Waals surface area (Å²) in [6.45, 7) is 7.21. The number of hydrogen-bond acceptors (Lipinski definition) is 4. The third-order valence-electron chi connectivity index (χ3n) is 6.09. The number of nitrogens with two attached hydrogens (primary N) is 1. The molecule has 1 saturated heterocycles. The van der Waals surface area contributed by atoms with Crippen LogP contribution in [-0.4, -0.2) is 34.3 Å². The monoisotopic (exact) mass is 400 g/mol. The van der Waals surface area contributed by atoms with Crippen LogP contribution in [0.4, 0.5) is 0 Å². The van der Waals surface area contributed by atoms with E-state index in [9.17, 15) is 4.79 Å². The fourth-order valence-corrected chi connectivity index (χ4v) is 4.81. The van der Waals surface area contributed by atoms with Crippen LogP contribution < -0.4 is 5.73 Å². The van der Waals surface area contributed by atoms with Gasteiger partial charge in [-0.15, -0.1) is 0 Å². The van der Waals surface area contributed by atoms with Crippen LogP contribution in [0.2, 0.25) is 0 Å². The van der Waals surface area contributed by atoms with Crippen LogP contribution in [0.1, 0.15) is 68.4 Å². The van der Waals surface area contributed by atoms with E-state index in [1.54, 1.807) is 0 Å². The smallest absolute Gasteiger partial charge is 0.355 e. The molecule has 0 spiro atoms. The Morgan fingerprint density at radius 2 is 2.11 bits per heavy atom. The van der Waals surface area contributed by atoms with Gasteiger partial charge in [-0.1, -0.05) is 18.3 Å². The molecule has 4 rings (SSSR count). The Morgan fingerprint density at radius 1 is 1.36 bits per heavy atom. The van der Waals surface area contributed by atoms with Crippen molar-refractivity contribution in [3.63, 3.8) is 0 Å². The molecule has 0 bridgehead atoms. The zero-order chi connectivity index (χ0) is 20.1. The van der Waals surface area contributed by atoms with E-state index in [2.05, 4.69) is 32.0 Å². The van der Waals surface area contributed by atoms with Crippen molar-refractivity contribution in [1.29, 1.82) is 0 Å². The summed E-state index contributed by atoms with van der Waals surface area (Å²) in [5.74, 6) is 0.128. The minimum absolute atomic E-state index is 0.107. The summed E-state index contributed by atoms with van der Waals surface area (Å²) >= 11 is 5.36. The van der Waals surface area contributed by atoms with Gasteiger partial charge in [0.1, 0.15) is 5.69 Å². The minimum atomic E-state index is -0.443. The largest absolute Gasteiger partial charge is 0.461 e. The average Bonchev–Trinajstić information content (AvgIpc) is 3.35. The second kappa shape index (κ2) is 6.85. The van der Waals surface area contributed by atoms with E-state index in [1.807, 2.05) is 17.6 Å². The zero-order valence-electron chi connectivity index (χ0n) is 16.8. The molecule has 2 N–H and O–H groups in total. The summed E-state index contributed by atoms with van der Waals surface area (Å²) in [4.78, 5) is 13.1. The first-order chi connectivity index (χ1) is 13.3. The minimum Gasteiger partial charge on any atom is -0.461 e. The molecule has 1 aliphatic heterocycles. The molecular formula is C22H28N2O3S. The average molecular weight is 401 g/mol. The van der Waals surface area contributed by atoms with Gasteiger partial charge in [-0.25, -0.2) is 4.79 Å². The molecule has 1 unspecified atom stereocenters. The quantitative estimate of drug-likeness (QED) is 0.600. The van der Waals surface area contributed by atoms with Crippen molar-refractivity contribution >= 4 is 34.1 Å². The molecular weight excluding hydrogens is 372 g/mol. The van der Waals surface area contributed by atoms with Gasteiger partial charge >= 0.3 is 5.97 Å². The Bertz CT molecular complexity index is 943. The highest BCUT2D eigenvalue weighted by Crippen LogP contribution is 2.47. The van der Waals surface area contributed by atoms with Gasteiger partial charge < -0.3 is 19.8 Å². The predicted octanol–water partition coefficient (Wildman–Crippen LogP) is 4.27. The van der Waals surface area contributed by atoms with Gasteiger partial charge in [0.05, 0.1) is 22.7 Å². The van der Waals surface area contributed by atoms with Crippen molar-refractivity contribution in [3.05, 3.63) is 35.5 Å². The summed E-state index contributed by atoms with van der Waals surface area (Å²) in [6.07, 6.45) is 3.71. The maximum absolute atomic E-state index is 12.7. The molecule has 2 aliphatic rings. The highest BCUT2D eigenvalue weighted by atomic mass is 32.1. The number of carbonyl (C=O) groups is 1. The van der Waals surface area contributed by atoms with Crippen LogP contribution in [0.5, 0.6) is 0 Å². The number of carbonyl (C=O) groups excluding carboxylic acids is 1. The number of thiocarbonyl (C=S) groups is 1. The van der Waals surface area contributed by atoms with Crippen LogP contribution in [-0.2, 0) is 15.0 Å². The standard InChI is InChI=1S/C22H28N2O3S/c1-4-26-19(25)18-12-16-11-14(15-7-10-27-21(2,3)13-15)5-6-17(16)24(18)22(8-9-22)20(23)28/h5-6,11-12,15H,4,7-10,13H2,1-3H3,(H2,23,28). The summed E-state index contributed by atoms with van der Waals surface area (Å²) in [5, 5.41) is 1.03. The van der Waals surface area contributed by atoms with E-state index in [0.29, 0.717) is 23.2 Å². The van der Waals surface area contributed by atoms with Crippen LogP contribution in [0.3, 0.4) is 0 Å². The molecule has 6 heteroatoms. The number of ether oxygens (including phenoxy) is 2. The van der Waals surface area contributed by atoms with Gasteiger partial charge in [0.25, 0.3) is 0 Å². The lowest BCUT2D eigenvalue weighted by atomic mass is 9.83. The number of esters is 1. The van der Waals surface area contributed by atoms with Gasteiger partial charge in [0, 0.05) is 17.5 Å². The second-order valence-electron chi connectivity index (χ2n) is 8.60. The fourth-order valence-electron chi connectivity index (χ4n) is 4.52. The molecule has 1 aromatic carbocycles. The highest BCUT2D eigenvalue weighted by molar-refractivity contribution is 7.80. The number of fused-ring (bicyclic) bond motifs is 1. The van der Waals surface area contributed by atoms with Crippen molar-refractivity contribution < 1.29 is 14.3 Å². The summed E-state index contributed by atoms with van der Waals surface area (Å²) in [5.41, 5.74) is 8.34. The summed E-state index contributed by atoms with van der Waals surface area (Å²) in [6, 6.07) is 8.42. The van der Waals surface area contributed by atoms with Gasteiger partial charge in [-0.2, -0.15) is 0 Å². The third-order valence-corrected chi connectivity index (χ3v) is 6.47. The lowest BCUT2D eigenvalue weighted by molar-refractivity contribution is -0.0592. The van der Waals surface area contributed by atoms with Gasteiger partial charge in [-0.05, 0) is 76.1 Å².